The molecule has 1 aromatic rings. The highest BCUT2D eigenvalue weighted by atomic mass is 35.5. The van der Waals surface area contributed by atoms with Gasteiger partial charge in [0.05, 0.1) is 11.6 Å². The van der Waals surface area contributed by atoms with Gasteiger partial charge in [0.15, 0.2) is 0 Å². The Balaban J connectivity index is 3.02. The van der Waals surface area contributed by atoms with Crippen LogP contribution < -0.4 is 16.2 Å². The second kappa shape index (κ2) is 7.95. The molecule has 0 aliphatic heterocycles. The lowest BCUT2D eigenvalue weighted by molar-refractivity contribution is 0.332. The summed E-state index contributed by atoms with van der Waals surface area (Å²) in [6.45, 7) is 5.78. The van der Waals surface area contributed by atoms with E-state index in [1.165, 1.54) is 0 Å². The van der Waals surface area contributed by atoms with Crippen molar-refractivity contribution in [2.75, 3.05) is 19.7 Å². The van der Waals surface area contributed by atoms with E-state index in [0.717, 1.165) is 12.0 Å². The molecule has 108 valence electrons. The summed E-state index contributed by atoms with van der Waals surface area (Å²) < 4.78 is 5.64. The highest BCUT2D eigenvalue weighted by Gasteiger charge is 2.19. The molecule has 0 fully saturated rings. The third-order valence-corrected chi connectivity index (χ3v) is 3.71. The summed E-state index contributed by atoms with van der Waals surface area (Å²) in [5.41, 5.74) is 12.4. The van der Waals surface area contributed by atoms with Crippen molar-refractivity contribution in [1.29, 1.82) is 0 Å². The van der Waals surface area contributed by atoms with Crippen LogP contribution in [0.2, 0.25) is 10.0 Å². The normalized spacial score (nSPS) is 12.8. The van der Waals surface area contributed by atoms with Crippen molar-refractivity contribution in [1.82, 2.24) is 0 Å². The smallest absolute Gasteiger partial charge is 0.141 e. The number of hydrogen-bond donors (Lipinski definition) is 2. The number of halogens is 2. The first-order valence-electron chi connectivity index (χ1n) is 6.55. The molecule has 3 nitrogen and oxygen atoms in total. The van der Waals surface area contributed by atoms with E-state index in [0.29, 0.717) is 41.4 Å². The Kier molecular flexibility index (Phi) is 6.94. The van der Waals surface area contributed by atoms with Gasteiger partial charge in [0.2, 0.25) is 0 Å². The molecule has 1 atom stereocenters. The zero-order valence-electron chi connectivity index (χ0n) is 11.5. The van der Waals surface area contributed by atoms with Crippen molar-refractivity contribution < 1.29 is 4.74 Å². The van der Waals surface area contributed by atoms with Gasteiger partial charge in [0.25, 0.3) is 0 Å². The van der Waals surface area contributed by atoms with Gasteiger partial charge in [0.1, 0.15) is 5.75 Å². The Hall–Kier alpha value is -0.480. The average molecular weight is 305 g/mol. The topological polar surface area (TPSA) is 61.3 Å². The standard InChI is InChI=1S/C14H22Cl2N2O/c1-3-19-14-12(5-11(15)6-13(14)16)9(2)4-10(7-17)8-18/h5-6,9-10H,3-4,7-8,17-18H2,1-2H3. The minimum Gasteiger partial charge on any atom is -0.492 e. The lowest BCUT2D eigenvalue weighted by Crippen LogP contribution is -2.24. The second-order valence-corrected chi connectivity index (χ2v) is 5.56. The van der Waals surface area contributed by atoms with Gasteiger partial charge < -0.3 is 16.2 Å². The van der Waals surface area contributed by atoms with E-state index in [-0.39, 0.29) is 5.92 Å². The van der Waals surface area contributed by atoms with E-state index in [1.54, 1.807) is 6.07 Å². The molecule has 0 bridgehead atoms. The molecule has 1 rings (SSSR count). The molecule has 5 heteroatoms. The minimum atomic E-state index is 0.245. The summed E-state index contributed by atoms with van der Waals surface area (Å²) in [6.07, 6.45) is 0.893. The lowest BCUT2D eigenvalue weighted by Gasteiger charge is -2.21. The predicted octanol–water partition coefficient (Wildman–Crippen LogP) is 3.42. The molecular weight excluding hydrogens is 283 g/mol. The van der Waals surface area contributed by atoms with Crippen molar-refractivity contribution in [3.05, 3.63) is 27.7 Å². The van der Waals surface area contributed by atoms with Gasteiger partial charge >= 0.3 is 0 Å². The molecule has 0 aliphatic carbocycles. The van der Waals surface area contributed by atoms with Crippen LogP contribution in [0.5, 0.6) is 5.75 Å². The number of rotatable bonds is 7. The number of ether oxygens (including phenoxy) is 1. The van der Waals surface area contributed by atoms with Crippen molar-refractivity contribution in [3.63, 3.8) is 0 Å². The van der Waals surface area contributed by atoms with Gasteiger partial charge in [0, 0.05) is 5.02 Å². The maximum Gasteiger partial charge on any atom is 0.141 e. The van der Waals surface area contributed by atoms with Gasteiger partial charge in [-0.2, -0.15) is 0 Å². The first-order chi connectivity index (χ1) is 9.03. The predicted molar refractivity (Wildman–Crippen MR) is 82.3 cm³/mol. The second-order valence-electron chi connectivity index (χ2n) is 4.71. The zero-order valence-corrected chi connectivity index (χ0v) is 13.0. The molecule has 19 heavy (non-hydrogen) atoms. The maximum absolute atomic E-state index is 6.20. The lowest BCUT2D eigenvalue weighted by atomic mass is 9.89. The Morgan fingerprint density at radius 2 is 1.84 bits per heavy atom. The summed E-state index contributed by atoms with van der Waals surface area (Å²) >= 11 is 12.3. The summed E-state index contributed by atoms with van der Waals surface area (Å²) in [6, 6.07) is 3.61. The molecule has 0 saturated carbocycles. The van der Waals surface area contributed by atoms with Crippen molar-refractivity contribution in [3.8, 4) is 5.75 Å². The van der Waals surface area contributed by atoms with E-state index < -0.39 is 0 Å². The SMILES string of the molecule is CCOc1c(Cl)cc(Cl)cc1C(C)CC(CN)CN. The van der Waals surface area contributed by atoms with Gasteiger partial charge in [-0.25, -0.2) is 0 Å². The molecule has 0 aromatic heterocycles. The van der Waals surface area contributed by atoms with Crippen LogP contribution in [0.15, 0.2) is 12.1 Å². The van der Waals surface area contributed by atoms with Crippen LogP contribution in [0.1, 0.15) is 31.7 Å². The Bertz CT molecular complexity index is 409. The fourth-order valence-corrected chi connectivity index (χ4v) is 2.72. The van der Waals surface area contributed by atoms with Crippen LogP contribution >= 0.6 is 23.2 Å². The molecule has 1 aromatic carbocycles. The van der Waals surface area contributed by atoms with Crippen LogP contribution in [-0.2, 0) is 0 Å². The van der Waals surface area contributed by atoms with E-state index >= 15 is 0 Å². The van der Waals surface area contributed by atoms with E-state index in [9.17, 15) is 0 Å². The highest BCUT2D eigenvalue weighted by molar-refractivity contribution is 6.35. The molecule has 0 heterocycles. The van der Waals surface area contributed by atoms with Crippen molar-refractivity contribution >= 4 is 23.2 Å². The largest absolute Gasteiger partial charge is 0.492 e. The Morgan fingerprint density at radius 1 is 1.21 bits per heavy atom. The molecule has 0 amide bonds. The number of nitrogens with two attached hydrogens (primary N) is 2. The minimum absolute atomic E-state index is 0.245. The van der Waals surface area contributed by atoms with E-state index in [2.05, 4.69) is 6.92 Å². The molecule has 4 N–H and O–H groups in total. The highest BCUT2D eigenvalue weighted by Crippen LogP contribution is 2.38. The van der Waals surface area contributed by atoms with Crippen LogP contribution in [0.3, 0.4) is 0 Å². The monoisotopic (exact) mass is 304 g/mol. The van der Waals surface area contributed by atoms with E-state index in [1.807, 2.05) is 13.0 Å². The van der Waals surface area contributed by atoms with Crippen LogP contribution in [0.25, 0.3) is 0 Å². The number of hydrogen-bond acceptors (Lipinski definition) is 3. The van der Waals surface area contributed by atoms with Gasteiger partial charge in [-0.05, 0) is 56.0 Å². The molecular formula is C14H22Cl2N2O. The fourth-order valence-electron chi connectivity index (χ4n) is 2.16. The Morgan fingerprint density at radius 3 is 2.37 bits per heavy atom. The molecule has 0 aliphatic rings. The summed E-state index contributed by atoms with van der Waals surface area (Å²) in [5, 5.41) is 1.17. The molecule has 0 saturated heterocycles. The fraction of sp³-hybridized carbons (Fsp3) is 0.571. The van der Waals surface area contributed by atoms with Gasteiger partial charge in [-0.15, -0.1) is 0 Å². The third kappa shape index (κ3) is 4.53. The molecule has 0 radical (unpaired) electrons. The van der Waals surface area contributed by atoms with Crippen molar-refractivity contribution in [2.45, 2.75) is 26.2 Å². The van der Waals surface area contributed by atoms with Gasteiger partial charge in [-0.1, -0.05) is 30.1 Å². The summed E-state index contributed by atoms with van der Waals surface area (Å²) in [5.74, 6) is 1.26. The number of benzene rings is 1. The first kappa shape index (κ1) is 16.6. The first-order valence-corrected chi connectivity index (χ1v) is 7.30. The van der Waals surface area contributed by atoms with Crippen LogP contribution in [-0.4, -0.2) is 19.7 Å². The third-order valence-electron chi connectivity index (χ3n) is 3.21. The summed E-state index contributed by atoms with van der Waals surface area (Å²) in [7, 11) is 0. The molecule has 1 unspecified atom stereocenters. The Labute approximate surface area is 125 Å². The molecule has 0 spiro atoms. The summed E-state index contributed by atoms with van der Waals surface area (Å²) in [4.78, 5) is 0. The quantitative estimate of drug-likeness (QED) is 0.811. The van der Waals surface area contributed by atoms with Crippen LogP contribution in [0, 0.1) is 5.92 Å². The van der Waals surface area contributed by atoms with Gasteiger partial charge in [-0.3, -0.25) is 0 Å². The zero-order chi connectivity index (χ0) is 14.4. The van der Waals surface area contributed by atoms with Crippen LogP contribution in [0.4, 0.5) is 0 Å². The van der Waals surface area contributed by atoms with Crippen molar-refractivity contribution in [2.24, 2.45) is 17.4 Å². The average Bonchev–Trinajstić information content (AvgIpc) is 2.38. The van der Waals surface area contributed by atoms with E-state index in [4.69, 9.17) is 39.4 Å². The maximum atomic E-state index is 6.20.